The monoisotopic (exact) mass is 361 g/mol. The van der Waals surface area contributed by atoms with Crippen molar-refractivity contribution in [2.45, 2.75) is 13.0 Å². The number of rotatable bonds is 5. The van der Waals surface area contributed by atoms with Crippen molar-refractivity contribution in [1.82, 2.24) is 9.88 Å². The quantitative estimate of drug-likeness (QED) is 0.818. The van der Waals surface area contributed by atoms with Gasteiger partial charge in [0.15, 0.2) is 0 Å². The van der Waals surface area contributed by atoms with E-state index in [-0.39, 0.29) is 25.1 Å². The van der Waals surface area contributed by atoms with E-state index in [1.807, 2.05) is 12.1 Å². The molecule has 112 valence electrons. The number of nitrogens with zero attached hydrogens (tertiary/aromatic N) is 3. The zero-order chi connectivity index (χ0) is 15.9. The van der Waals surface area contributed by atoms with Crippen LogP contribution < -0.4 is 0 Å². The fourth-order valence-corrected chi connectivity index (χ4v) is 2.34. The third-order valence-electron chi connectivity index (χ3n) is 3.04. The lowest BCUT2D eigenvalue weighted by molar-refractivity contribution is 0.0742. The van der Waals surface area contributed by atoms with Gasteiger partial charge in [-0.15, -0.1) is 0 Å². The first-order chi connectivity index (χ1) is 10.6. The molecule has 0 aliphatic heterocycles. The summed E-state index contributed by atoms with van der Waals surface area (Å²) in [7, 11) is 0. The summed E-state index contributed by atoms with van der Waals surface area (Å²) in [5.74, 6) is -1.03. The van der Waals surface area contributed by atoms with Gasteiger partial charge in [-0.1, -0.05) is 22.0 Å². The van der Waals surface area contributed by atoms with Gasteiger partial charge >= 0.3 is 0 Å². The number of carbonyl (C=O) groups is 1. The van der Waals surface area contributed by atoms with Gasteiger partial charge in [-0.25, -0.2) is 4.39 Å². The Bertz CT molecular complexity index is 700. The molecule has 22 heavy (non-hydrogen) atoms. The zero-order valence-electron chi connectivity index (χ0n) is 11.7. The second-order valence-corrected chi connectivity index (χ2v) is 5.54. The number of nitriles is 1. The molecule has 2 rings (SSSR count). The van der Waals surface area contributed by atoms with Crippen molar-refractivity contribution in [3.8, 4) is 6.07 Å². The van der Waals surface area contributed by atoms with Gasteiger partial charge in [0.1, 0.15) is 5.82 Å². The highest BCUT2D eigenvalue weighted by atomic mass is 79.9. The van der Waals surface area contributed by atoms with E-state index < -0.39 is 11.7 Å². The van der Waals surface area contributed by atoms with Crippen LogP contribution >= 0.6 is 15.9 Å². The van der Waals surface area contributed by atoms with E-state index in [4.69, 9.17) is 5.26 Å². The largest absolute Gasteiger partial charge is 0.333 e. The van der Waals surface area contributed by atoms with Crippen LogP contribution in [0.3, 0.4) is 0 Å². The summed E-state index contributed by atoms with van der Waals surface area (Å²) >= 11 is 3.23. The zero-order valence-corrected chi connectivity index (χ0v) is 13.3. The van der Waals surface area contributed by atoms with Crippen LogP contribution in [-0.2, 0) is 6.54 Å². The van der Waals surface area contributed by atoms with E-state index in [1.54, 1.807) is 18.5 Å². The minimum Gasteiger partial charge on any atom is -0.333 e. The molecule has 1 heterocycles. The van der Waals surface area contributed by atoms with Crippen molar-refractivity contribution in [2.24, 2.45) is 0 Å². The van der Waals surface area contributed by atoms with Crippen LogP contribution in [0.15, 0.2) is 47.2 Å². The average molecular weight is 362 g/mol. The first-order valence-electron chi connectivity index (χ1n) is 6.62. The predicted octanol–water partition coefficient (Wildman–Crippen LogP) is 3.54. The molecule has 4 nitrogen and oxygen atoms in total. The normalized spacial score (nSPS) is 10.0. The molecule has 0 saturated heterocycles. The Morgan fingerprint density at radius 1 is 1.41 bits per heavy atom. The highest BCUT2D eigenvalue weighted by molar-refractivity contribution is 9.10. The molecule has 6 heteroatoms. The number of carbonyl (C=O) groups excluding carboxylic acids is 1. The maximum atomic E-state index is 13.9. The lowest BCUT2D eigenvalue weighted by Crippen LogP contribution is -2.32. The Morgan fingerprint density at radius 2 is 2.23 bits per heavy atom. The van der Waals surface area contributed by atoms with E-state index in [1.165, 1.54) is 23.1 Å². The third kappa shape index (κ3) is 4.12. The van der Waals surface area contributed by atoms with Gasteiger partial charge in [0.2, 0.25) is 0 Å². The van der Waals surface area contributed by atoms with Crippen molar-refractivity contribution in [3.63, 3.8) is 0 Å². The fraction of sp³-hybridized carbons (Fsp3) is 0.188. The van der Waals surface area contributed by atoms with Crippen LogP contribution in [0.25, 0.3) is 0 Å². The highest BCUT2D eigenvalue weighted by Crippen LogP contribution is 2.18. The number of aromatic nitrogens is 1. The van der Waals surface area contributed by atoms with Gasteiger partial charge in [-0.2, -0.15) is 5.26 Å². The summed E-state index contributed by atoms with van der Waals surface area (Å²) in [5.41, 5.74) is 0.806. The van der Waals surface area contributed by atoms with Crippen LogP contribution in [0.4, 0.5) is 4.39 Å². The summed E-state index contributed by atoms with van der Waals surface area (Å²) < 4.78 is 14.5. The van der Waals surface area contributed by atoms with E-state index in [0.717, 1.165) is 5.56 Å². The molecule has 2 aromatic rings. The van der Waals surface area contributed by atoms with E-state index in [2.05, 4.69) is 20.9 Å². The number of amides is 1. The Morgan fingerprint density at radius 3 is 2.91 bits per heavy atom. The Hall–Kier alpha value is -2.26. The van der Waals surface area contributed by atoms with Crippen molar-refractivity contribution in [3.05, 3.63) is 64.1 Å². The first-order valence-corrected chi connectivity index (χ1v) is 7.41. The molecule has 0 N–H and O–H groups in total. The minimum atomic E-state index is -0.582. The molecule has 1 amide bonds. The average Bonchev–Trinajstić information content (AvgIpc) is 2.54. The maximum Gasteiger partial charge on any atom is 0.257 e. The Balaban J connectivity index is 2.26. The number of hydrogen-bond acceptors (Lipinski definition) is 3. The molecule has 1 aromatic heterocycles. The van der Waals surface area contributed by atoms with Crippen molar-refractivity contribution in [1.29, 1.82) is 5.26 Å². The topological polar surface area (TPSA) is 57.0 Å². The number of pyridine rings is 1. The molecule has 0 bridgehead atoms. The lowest BCUT2D eigenvalue weighted by Gasteiger charge is -2.22. The standard InChI is InChI=1S/C16H13BrFN3O/c17-13-4-5-15(18)14(9-13)16(22)21(8-2-6-19)11-12-3-1-7-20-10-12/h1,3-5,7,9-10H,2,8,11H2. The Kier molecular flexibility index (Phi) is 5.61. The van der Waals surface area contributed by atoms with Crippen LogP contribution in [0.5, 0.6) is 0 Å². The summed E-state index contributed by atoms with van der Waals surface area (Å²) in [6.07, 6.45) is 3.46. The fourth-order valence-electron chi connectivity index (χ4n) is 1.98. The summed E-state index contributed by atoms with van der Waals surface area (Å²) in [5, 5.41) is 8.75. The summed E-state index contributed by atoms with van der Waals surface area (Å²) in [6, 6.07) is 9.82. The third-order valence-corrected chi connectivity index (χ3v) is 3.53. The minimum absolute atomic E-state index is 0.0174. The van der Waals surface area contributed by atoms with E-state index in [0.29, 0.717) is 4.47 Å². The van der Waals surface area contributed by atoms with Crippen molar-refractivity contribution >= 4 is 21.8 Å². The molecule has 0 spiro atoms. The van der Waals surface area contributed by atoms with Crippen molar-refractivity contribution < 1.29 is 9.18 Å². The smallest absolute Gasteiger partial charge is 0.257 e. The molecule has 0 unspecified atom stereocenters. The molecule has 0 saturated carbocycles. The highest BCUT2D eigenvalue weighted by Gasteiger charge is 2.19. The van der Waals surface area contributed by atoms with Crippen LogP contribution in [-0.4, -0.2) is 22.3 Å². The summed E-state index contributed by atoms with van der Waals surface area (Å²) in [4.78, 5) is 18.0. The molecule has 0 atom stereocenters. The van der Waals surface area contributed by atoms with Gasteiger partial charge in [0.05, 0.1) is 18.1 Å². The number of hydrogen-bond donors (Lipinski definition) is 0. The molecule has 0 aliphatic rings. The molecular weight excluding hydrogens is 349 g/mol. The molecular formula is C16H13BrFN3O. The van der Waals surface area contributed by atoms with Crippen LogP contribution in [0.1, 0.15) is 22.3 Å². The van der Waals surface area contributed by atoms with Crippen LogP contribution in [0.2, 0.25) is 0 Å². The van der Waals surface area contributed by atoms with Gasteiger partial charge in [0, 0.05) is 30.0 Å². The SMILES string of the molecule is N#CCCN(Cc1cccnc1)C(=O)c1cc(Br)ccc1F. The van der Waals surface area contributed by atoms with E-state index >= 15 is 0 Å². The van der Waals surface area contributed by atoms with Gasteiger partial charge in [-0.3, -0.25) is 9.78 Å². The predicted molar refractivity (Wildman–Crippen MR) is 83.3 cm³/mol. The second-order valence-electron chi connectivity index (χ2n) is 4.62. The summed E-state index contributed by atoms with van der Waals surface area (Å²) in [6.45, 7) is 0.510. The van der Waals surface area contributed by atoms with Gasteiger partial charge in [-0.05, 0) is 29.8 Å². The van der Waals surface area contributed by atoms with E-state index in [9.17, 15) is 9.18 Å². The maximum absolute atomic E-state index is 13.9. The number of halogens is 2. The molecule has 0 aliphatic carbocycles. The second kappa shape index (κ2) is 7.66. The van der Waals surface area contributed by atoms with Crippen LogP contribution in [0, 0.1) is 17.1 Å². The molecule has 0 radical (unpaired) electrons. The lowest BCUT2D eigenvalue weighted by atomic mass is 10.1. The molecule has 1 aromatic carbocycles. The van der Waals surface area contributed by atoms with Crippen molar-refractivity contribution in [2.75, 3.05) is 6.54 Å². The number of benzene rings is 1. The first kappa shape index (κ1) is 16.1. The Labute approximate surface area is 136 Å². The van der Waals surface area contributed by atoms with Gasteiger partial charge < -0.3 is 4.90 Å². The molecule has 0 fully saturated rings. The van der Waals surface area contributed by atoms with Gasteiger partial charge in [0.25, 0.3) is 5.91 Å².